The summed E-state index contributed by atoms with van der Waals surface area (Å²) in [6, 6.07) is 16.5. The quantitative estimate of drug-likeness (QED) is 0.407. The Labute approximate surface area is 152 Å². The van der Waals surface area contributed by atoms with Crippen molar-refractivity contribution < 1.29 is 0 Å². The second-order valence-electron chi connectivity index (χ2n) is 6.01. The van der Waals surface area contributed by atoms with E-state index < -0.39 is 0 Å². The molecule has 0 spiro atoms. The minimum atomic E-state index is 0.936. The Morgan fingerprint density at radius 2 is 1.08 bits per heavy atom. The molecule has 8 bridgehead atoms. The zero-order chi connectivity index (χ0) is 16.8. The zero-order valence-electron chi connectivity index (χ0n) is 13.2. The molecule has 3 aromatic rings. The molecule has 120 valence electrons. The average molecular weight is 388 g/mol. The van der Waals surface area contributed by atoms with E-state index in [-0.39, 0.29) is 0 Å². The Hall–Kier alpha value is -2.88. The fraction of sp³-hybridized carbons (Fsp3) is 0. The molecule has 5 heterocycles. The predicted molar refractivity (Wildman–Crippen MR) is 104 cm³/mol. The summed E-state index contributed by atoms with van der Waals surface area (Å²) in [5, 5.41) is 0. The molecule has 1 N–H and O–H groups in total. The van der Waals surface area contributed by atoms with Crippen molar-refractivity contribution in [3.8, 4) is 0 Å². The molecule has 2 aliphatic heterocycles. The first-order valence-corrected chi connectivity index (χ1v) is 8.74. The topological polar surface area (TPSA) is 46.5 Å². The summed E-state index contributed by atoms with van der Waals surface area (Å²) in [5.41, 5.74) is 7.91. The van der Waals surface area contributed by atoms with Crippen LogP contribution in [0.2, 0.25) is 0 Å². The van der Waals surface area contributed by atoms with Gasteiger partial charge in [-0.05, 0) is 0 Å². The monoisotopic (exact) mass is 389 g/mol. The third kappa shape index (κ3) is 2.74. The fourth-order valence-electron chi connectivity index (χ4n) is 3.00. The molecule has 0 saturated heterocycles. The normalized spacial score (nSPS) is 12.6. The molecule has 0 saturated carbocycles. The number of nitrogens with zero attached hydrogens (tertiary/aromatic N) is 3. The number of aromatic amines is 1. The Kier molecular flexibility index (Phi) is 3.23. The van der Waals surface area contributed by atoms with Crippen molar-refractivity contribution in [3.63, 3.8) is 0 Å². The van der Waals surface area contributed by atoms with Crippen LogP contribution in [-0.2, 0) is 0 Å². The summed E-state index contributed by atoms with van der Waals surface area (Å²) in [6.45, 7) is 0. The minimum absolute atomic E-state index is 0.936. The molecule has 5 rings (SSSR count). The van der Waals surface area contributed by atoms with Crippen LogP contribution in [0.15, 0.2) is 48.5 Å². The third-order valence-corrected chi connectivity index (χ3v) is 5.07. The van der Waals surface area contributed by atoms with Gasteiger partial charge in [-0.2, -0.15) is 0 Å². The van der Waals surface area contributed by atoms with Crippen LogP contribution in [0.1, 0.15) is 22.8 Å². The van der Waals surface area contributed by atoms with E-state index in [1.807, 2.05) is 40.0 Å². The van der Waals surface area contributed by atoms with E-state index in [2.05, 4.69) is 67.6 Å². The first-order chi connectivity index (χ1) is 12.2. The van der Waals surface area contributed by atoms with Crippen molar-refractivity contribution >= 4 is 62.6 Å². The number of hydrogen-bond acceptors (Lipinski definition) is 2. The van der Waals surface area contributed by atoms with Gasteiger partial charge in [0.2, 0.25) is 0 Å². The SMILES string of the molecule is [Se-]n1c2ccc1cc1nc(cc3ccc(cc4nc(c2)C=C4)[nH]3)C=C1. The molecule has 0 aliphatic carbocycles. The number of rotatable bonds is 0. The summed E-state index contributed by atoms with van der Waals surface area (Å²) in [7, 11) is 0. The van der Waals surface area contributed by atoms with Crippen molar-refractivity contribution in [2.45, 2.75) is 0 Å². The molecular weight excluding hydrogens is 375 g/mol. The Morgan fingerprint density at radius 1 is 0.640 bits per heavy atom. The van der Waals surface area contributed by atoms with Crippen molar-refractivity contribution in [1.82, 2.24) is 18.5 Å². The molecule has 3 aromatic heterocycles. The molecule has 0 atom stereocenters. The number of nitrogens with one attached hydrogen (secondary N) is 1. The molecule has 0 fully saturated rings. The number of hydrogen-bond donors (Lipinski definition) is 1. The van der Waals surface area contributed by atoms with Crippen LogP contribution < -0.4 is 0 Å². The molecule has 25 heavy (non-hydrogen) atoms. The van der Waals surface area contributed by atoms with E-state index in [4.69, 9.17) is 0 Å². The second kappa shape index (κ2) is 5.59. The van der Waals surface area contributed by atoms with Gasteiger partial charge in [-0.25, -0.2) is 0 Å². The van der Waals surface area contributed by atoms with Gasteiger partial charge in [0.15, 0.2) is 0 Å². The van der Waals surface area contributed by atoms with Gasteiger partial charge in [0, 0.05) is 0 Å². The van der Waals surface area contributed by atoms with Crippen LogP contribution in [0.4, 0.5) is 0 Å². The average Bonchev–Trinajstić information content (AvgIpc) is 3.36. The second-order valence-corrected chi connectivity index (χ2v) is 6.78. The van der Waals surface area contributed by atoms with Crippen molar-refractivity contribution in [1.29, 1.82) is 0 Å². The van der Waals surface area contributed by atoms with Gasteiger partial charge < -0.3 is 0 Å². The molecule has 0 radical (unpaired) electrons. The van der Waals surface area contributed by atoms with Crippen LogP contribution in [0, 0.1) is 0 Å². The Morgan fingerprint density at radius 3 is 1.56 bits per heavy atom. The first-order valence-electron chi connectivity index (χ1n) is 7.98. The van der Waals surface area contributed by atoms with Crippen LogP contribution in [0.25, 0.3) is 46.4 Å². The summed E-state index contributed by atoms with van der Waals surface area (Å²) in [4.78, 5) is 12.7. The summed E-state index contributed by atoms with van der Waals surface area (Å²) in [6.07, 6.45) is 8.11. The first kappa shape index (κ1) is 14.5. The predicted octanol–water partition coefficient (Wildman–Crippen LogP) is 4.06. The van der Waals surface area contributed by atoms with Crippen LogP contribution in [0.5, 0.6) is 0 Å². The van der Waals surface area contributed by atoms with E-state index in [0.717, 1.165) is 44.8 Å². The zero-order valence-corrected chi connectivity index (χ0v) is 14.9. The number of H-pyrrole nitrogens is 1. The summed E-state index contributed by atoms with van der Waals surface area (Å²) < 4.78 is 2.03. The van der Waals surface area contributed by atoms with Gasteiger partial charge in [0.25, 0.3) is 0 Å². The molecular formula is C20H13N4Se-. The van der Waals surface area contributed by atoms with Crippen LogP contribution in [-0.4, -0.2) is 34.8 Å². The number of fused-ring (bicyclic) bond motifs is 8. The van der Waals surface area contributed by atoms with E-state index >= 15 is 0 Å². The molecule has 0 aromatic carbocycles. The van der Waals surface area contributed by atoms with E-state index in [1.54, 1.807) is 0 Å². The third-order valence-electron chi connectivity index (χ3n) is 4.19. The van der Waals surface area contributed by atoms with Crippen molar-refractivity contribution in [2.75, 3.05) is 0 Å². The van der Waals surface area contributed by atoms with Gasteiger partial charge in [-0.3, -0.25) is 0 Å². The van der Waals surface area contributed by atoms with Gasteiger partial charge in [0.1, 0.15) is 0 Å². The summed E-state index contributed by atoms with van der Waals surface area (Å²) in [5.74, 6) is 0. The van der Waals surface area contributed by atoms with Crippen LogP contribution in [0.3, 0.4) is 0 Å². The molecule has 0 amide bonds. The number of aromatic nitrogens is 4. The van der Waals surface area contributed by atoms with Crippen molar-refractivity contribution in [2.24, 2.45) is 0 Å². The Bertz CT molecular complexity index is 1120. The molecule has 2 aliphatic rings. The molecule has 0 unspecified atom stereocenters. The van der Waals surface area contributed by atoms with Gasteiger partial charge in [-0.15, -0.1) is 0 Å². The van der Waals surface area contributed by atoms with E-state index in [9.17, 15) is 0 Å². The van der Waals surface area contributed by atoms with Gasteiger partial charge in [-0.1, -0.05) is 0 Å². The fourth-order valence-corrected chi connectivity index (χ4v) is 3.48. The standard InChI is InChI=1S/C20H13N4Se/c25-24-19-7-8-20(24)12-18-6-4-16(23-18)10-14-2-1-13(21-14)9-15-3-5-17(11-19)22-15/h1-12,21H/q-1. The maximum absolute atomic E-state index is 4.67. The molecule has 4 nitrogen and oxygen atoms in total. The van der Waals surface area contributed by atoms with Gasteiger partial charge >= 0.3 is 152 Å². The summed E-state index contributed by atoms with van der Waals surface area (Å²) >= 11 is 3.10. The van der Waals surface area contributed by atoms with Crippen LogP contribution >= 0.6 is 0 Å². The van der Waals surface area contributed by atoms with Crippen molar-refractivity contribution in [3.05, 3.63) is 71.3 Å². The Balaban J connectivity index is 1.88. The van der Waals surface area contributed by atoms with E-state index in [0.29, 0.717) is 0 Å². The molecule has 5 heteroatoms. The van der Waals surface area contributed by atoms with E-state index in [1.165, 1.54) is 0 Å². The van der Waals surface area contributed by atoms with Gasteiger partial charge in [0.05, 0.1) is 0 Å². The maximum atomic E-state index is 4.67.